The molecule has 2 aromatic carbocycles. The van der Waals surface area contributed by atoms with E-state index < -0.39 is 17.2 Å². The predicted octanol–water partition coefficient (Wildman–Crippen LogP) is 4.70. The van der Waals surface area contributed by atoms with Crippen LogP contribution in [-0.2, 0) is 0 Å². The van der Waals surface area contributed by atoms with E-state index in [4.69, 9.17) is 4.74 Å². The van der Waals surface area contributed by atoms with Crippen LogP contribution in [0.15, 0.2) is 42.5 Å². The van der Waals surface area contributed by atoms with Gasteiger partial charge in [-0.1, -0.05) is 30.3 Å². The van der Waals surface area contributed by atoms with Crippen LogP contribution in [0.4, 0.5) is 13.2 Å². The van der Waals surface area contributed by atoms with Crippen molar-refractivity contribution in [3.05, 3.63) is 42.5 Å². The highest BCUT2D eigenvalue weighted by molar-refractivity contribution is 5.83. The summed E-state index contributed by atoms with van der Waals surface area (Å²) in [6.07, 6.45) is -3.76. The molecule has 3 aliphatic carbocycles. The summed E-state index contributed by atoms with van der Waals surface area (Å²) >= 11 is 0. The Bertz CT molecular complexity index is 670. The fraction of sp³-hybridized carbons (Fsp3) is 0.375. The lowest BCUT2D eigenvalue weighted by Crippen LogP contribution is -2.74. The van der Waals surface area contributed by atoms with Gasteiger partial charge in [-0.25, -0.2) is 0 Å². The molecule has 5 rings (SSSR count). The highest BCUT2D eigenvalue weighted by Crippen LogP contribution is 2.74. The van der Waals surface area contributed by atoms with Crippen molar-refractivity contribution in [2.45, 2.75) is 31.0 Å². The summed E-state index contributed by atoms with van der Waals surface area (Å²) in [5.74, 6) is 0.666. The van der Waals surface area contributed by atoms with Gasteiger partial charge in [0.15, 0.2) is 0 Å². The van der Waals surface area contributed by atoms with E-state index in [0.29, 0.717) is 5.75 Å². The van der Waals surface area contributed by atoms with E-state index in [2.05, 4.69) is 0 Å². The first-order valence-corrected chi connectivity index (χ1v) is 6.66. The molecule has 0 atom stereocenters. The minimum atomic E-state index is -4.08. The molecule has 1 nitrogen and oxygen atoms in total. The monoisotopic (exact) mass is 278 g/mol. The fourth-order valence-electron chi connectivity index (χ4n) is 3.58. The highest BCUT2D eigenvalue weighted by Gasteiger charge is 2.80. The van der Waals surface area contributed by atoms with Gasteiger partial charge in [0.25, 0.3) is 0 Å². The molecule has 104 valence electrons. The third kappa shape index (κ3) is 1.51. The number of hydrogen-bond donors (Lipinski definition) is 0. The first-order chi connectivity index (χ1) is 9.42. The van der Waals surface area contributed by atoms with Crippen LogP contribution in [0.25, 0.3) is 10.8 Å². The molecule has 0 N–H and O–H groups in total. The molecular weight excluding hydrogens is 265 g/mol. The molecule has 0 saturated heterocycles. The molecule has 0 heterocycles. The van der Waals surface area contributed by atoms with Gasteiger partial charge in [-0.05, 0) is 22.9 Å². The number of alkyl halides is 3. The molecule has 0 aliphatic heterocycles. The summed E-state index contributed by atoms with van der Waals surface area (Å²) in [5, 5.41) is 2.14. The number of ether oxygens (including phenoxy) is 1. The number of hydrogen-bond acceptors (Lipinski definition) is 1. The first-order valence-electron chi connectivity index (χ1n) is 6.66. The maximum absolute atomic E-state index is 12.8. The zero-order valence-electron chi connectivity index (χ0n) is 10.7. The van der Waals surface area contributed by atoms with Crippen molar-refractivity contribution in [1.82, 2.24) is 0 Å². The minimum Gasteiger partial charge on any atom is -0.487 e. The maximum Gasteiger partial charge on any atom is 0.394 e. The van der Waals surface area contributed by atoms with Crippen molar-refractivity contribution in [3.8, 4) is 5.75 Å². The van der Waals surface area contributed by atoms with Gasteiger partial charge in [-0.2, -0.15) is 13.2 Å². The Morgan fingerprint density at radius 2 is 1.55 bits per heavy atom. The summed E-state index contributed by atoms with van der Waals surface area (Å²) in [5.41, 5.74) is -2.03. The Labute approximate surface area is 114 Å². The molecule has 3 fully saturated rings. The average Bonchev–Trinajstić information content (AvgIpc) is 2.30. The van der Waals surface area contributed by atoms with Crippen molar-refractivity contribution in [2.24, 2.45) is 5.41 Å². The van der Waals surface area contributed by atoms with Crippen molar-refractivity contribution < 1.29 is 17.9 Å². The summed E-state index contributed by atoms with van der Waals surface area (Å²) < 4.78 is 44.2. The van der Waals surface area contributed by atoms with Crippen LogP contribution in [0, 0.1) is 5.41 Å². The van der Waals surface area contributed by atoms with Crippen LogP contribution in [0.1, 0.15) is 19.3 Å². The smallest absolute Gasteiger partial charge is 0.394 e. The average molecular weight is 278 g/mol. The maximum atomic E-state index is 12.8. The van der Waals surface area contributed by atoms with Crippen LogP contribution in [0.3, 0.4) is 0 Å². The normalized spacial score (nSPS) is 31.6. The molecule has 0 aromatic heterocycles. The second-order valence-corrected chi connectivity index (χ2v) is 6.10. The van der Waals surface area contributed by atoms with Gasteiger partial charge in [0.2, 0.25) is 0 Å². The molecule has 0 amide bonds. The third-order valence-corrected chi connectivity index (χ3v) is 4.64. The Hall–Kier alpha value is -1.71. The van der Waals surface area contributed by atoms with Crippen LogP contribution in [0.5, 0.6) is 5.75 Å². The van der Waals surface area contributed by atoms with Crippen LogP contribution in [0.2, 0.25) is 0 Å². The van der Waals surface area contributed by atoms with E-state index in [1.807, 2.05) is 42.5 Å². The number of rotatable bonds is 2. The summed E-state index contributed by atoms with van der Waals surface area (Å²) in [4.78, 5) is 0. The van der Waals surface area contributed by atoms with Crippen LogP contribution < -0.4 is 4.74 Å². The lowest BCUT2D eigenvalue weighted by molar-refractivity contribution is -0.373. The van der Waals surface area contributed by atoms with Crippen molar-refractivity contribution >= 4 is 10.8 Å². The van der Waals surface area contributed by atoms with Gasteiger partial charge in [0.05, 0.1) is 5.41 Å². The zero-order valence-corrected chi connectivity index (χ0v) is 10.7. The third-order valence-electron chi connectivity index (χ3n) is 4.64. The fourth-order valence-corrected chi connectivity index (χ4v) is 3.58. The molecule has 3 saturated carbocycles. The second-order valence-electron chi connectivity index (χ2n) is 6.10. The Kier molecular flexibility index (Phi) is 2.10. The van der Waals surface area contributed by atoms with Gasteiger partial charge in [-0.15, -0.1) is 0 Å². The largest absolute Gasteiger partial charge is 0.487 e. The topological polar surface area (TPSA) is 9.23 Å². The molecule has 0 radical (unpaired) electrons. The number of benzene rings is 2. The summed E-state index contributed by atoms with van der Waals surface area (Å²) in [6, 6.07) is 13.5. The van der Waals surface area contributed by atoms with E-state index in [-0.39, 0.29) is 19.3 Å². The van der Waals surface area contributed by atoms with E-state index in [9.17, 15) is 13.2 Å². The summed E-state index contributed by atoms with van der Waals surface area (Å²) in [6.45, 7) is 0. The van der Waals surface area contributed by atoms with Crippen molar-refractivity contribution in [2.75, 3.05) is 0 Å². The van der Waals surface area contributed by atoms with Crippen molar-refractivity contribution in [3.63, 3.8) is 0 Å². The second kappa shape index (κ2) is 3.48. The van der Waals surface area contributed by atoms with Gasteiger partial charge >= 0.3 is 6.18 Å². The van der Waals surface area contributed by atoms with E-state index in [0.717, 1.165) is 10.8 Å². The standard InChI is InChI=1S/C16H13F3O/c17-16(18,19)14-8-15(9-14,10-14)20-13-6-5-11-3-1-2-4-12(11)7-13/h1-7H,8-10H2. The minimum absolute atomic E-state index is 0.107. The lowest BCUT2D eigenvalue weighted by Gasteiger charge is -2.69. The van der Waals surface area contributed by atoms with Crippen LogP contribution in [-0.4, -0.2) is 11.8 Å². The molecule has 4 heteroatoms. The van der Waals surface area contributed by atoms with E-state index >= 15 is 0 Å². The lowest BCUT2D eigenvalue weighted by atomic mass is 9.40. The zero-order chi connectivity index (χ0) is 14.0. The van der Waals surface area contributed by atoms with Crippen molar-refractivity contribution in [1.29, 1.82) is 0 Å². The first kappa shape index (κ1) is 12.1. The van der Waals surface area contributed by atoms with Gasteiger partial charge in [0, 0.05) is 19.3 Å². The Balaban J connectivity index is 1.54. The molecule has 2 bridgehead atoms. The molecular formula is C16H13F3O. The molecule has 2 aromatic rings. The number of fused-ring (bicyclic) bond motifs is 1. The number of halogens is 3. The van der Waals surface area contributed by atoms with Gasteiger partial charge in [0.1, 0.15) is 11.4 Å². The Morgan fingerprint density at radius 1 is 0.900 bits per heavy atom. The van der Waals surface area contributed by atoms with Crippen LogP contribution >= 0.6 is 0 Å². The van der Waals surface area contributed by atoms with E-state index in [1.165, 1.54) is 0 Å². The summed E-state index contributed by atoms with van der Waals surface area (Å²) in [7, 11) is 0. The Morgan fingerprint density at radius 3 is 2.20 bits per heavy atom. The highest BCUT2D eigenvalue weighted by atomic mass is 19.4. The SMILES string of the molecule is FC(F)(F)C12CC(Oc3ccc4ccccc4c3)(C1)C2. The van der Waals surface area contributed by atoms with Gasteiger partial charge in [-0.3, -0.25) is 0 Å². The van der Waals surface area contributed by atoms with E-state index in [1.54, 1.807) is 0 Å². The predicted molar refractivity (Wildman–Crippen MR) is 69.6 cm³/mol. The van der Waals surface area contributed by atoms with Gasteiger partial charge < -0.3 is 4.74 Å². The quantitative estimate of drug-likeness (QED) is 0.773. The molecule has 20 heavy (non-hydrogen) atoms. The molecule has 0 spiro atoms. The molecule has 3 aliphatic rings. The molecule has 0 unspecified atom stereocenters.